The highest BCUT2D eigenvalue weighted by Gasteiger charge is 2.11. The van der Waals surface area contributed by atoms with Gasteiger partial charge < -0.3 is 4.74 Å². The van der Waals surface area contributed by atoms with E-state index in [0.717, 1.165) is 10.8 Å². The summed E-state index contributed by atoms with van der Waals surface area (Å²) in [7, 11) is 0. The minimum atomic E-state index is -0.310. The zero-order valence-electron chi connectivity index (χ0n) is 11.8. The molecule has 0 unspecified atom stereocenters. The molecule has 0 saturated heterocycles. The molecule has 0 N–H and O–H groups in total. The van der Waals surface area contributed by atoms with E-state index in [1.165, 1.54) is 6.92 Å². The van der Waals surface area contributed by atoms with E-state index in [1.54, 1.807) is 6.92 Å². The summed E-state index contributed by atoms with van der Waals surface area (Å²) in [5, 5.41) is 2.18. The van der Waals surface area contributed by atoms with Gasteiger partial charge >= 0.3 is 5.97 Å². The third-order valence-electron chi connectivity index (χ3n) is 3.22. The molecular weight excluding hydrogens is 252 g/mol. The van der Waals surface area contributed by atoms with E-state index in [0.29, 0.717) is 18.4 Å². The monoisotopic (exact) mass is 270 g/mol. The molecule has 0 radical (unpaired) electrons. The van der Waals surface area contributed by atoms with Crippen LogP contribution in [0.25, 0.3) is 10.8 Å². The highest BCUT2D eigenvalue weighted by atomic mass is 16.5. The van der Waals surface area contributed by atoms with Gasteiger partial charge in [-0.1, -0.05) is 36.4 Å². The summed E-state index contributed by atoms with van der Waals surface area (Å²) in [6, 6.07) is 13.7. The zero-order chi connectivity index (χ0) is 14.5. The minimum absolute atomic E-state index is 0.0785. The van der Waals surface area contributed by atoms with Crippen LogP contribution in [0.4, 0.5) is 0 Å². The molecule has 3 heteroatoms. The second-order valence-corrected chi connectivity index (χ2v) is 4.94. The van der Waals surface area contributed by atoms with Crippen LogP contribution in [0.2, 0.25) is 0 Å². The number of ketones is 1. The second-order valence-electron chi connectivity index (χ2n) is 4.94. The highest BCUT2D eigenvalue weighted by molar-refractivity contribution is 5.99. The smallest absolute Gasteiger partial charge is 0.302 e. The van der Waals surface area contributed by atoms with Crippen molar-refractivity contribution < 1.29 is 14.3 Å². The number of benzene rings is 2. The average molecular weight is 270 g/mol. The lowest BCUT2D eigenvalue weighted by Crippen LogP contribution is -2.14. The first-order valence-corrected chi connectivity index (χ1v) is 6.75. The average Bonchev–Trinajstić information content (AvgIpc) is 2.43. The van der Waals surface area contributed by atoms with Gasteiger partial charge in [0.25, 0.3) is 0 Å². The fraction of sp³-hybridized carbons (Fsp3) is 0.294. The van der Waals surface area contributed by atoms with Crippen LogP contribution in [0.5, 0.6) is 0 Å². The maximum absolute atomic E-state index is 12.1. The van der Waals surface area contributed by atoms with Gasteiger partial charge in [-0.05, 0) is 30.2 Å². The molecule has 0 heterocycles. The Hall–Kier alpha value is -2.16. The number of rotatable bonds is 5. The Kier molecular flexibility index (Phi) is 4.51. The molecule has 0 saturated carbocycles. The molecule has 20 heavy (non-hydrogen) atoms. The van der Waals surface area contributed by atoms with Gasteiger partial charge in [0.15, 0.2) is 5.78 Å². The van der Waals surface area contributed by atoms with Crippen LogP contribution in [-0.2, 0) is 9.53 Å². The maximum atomic E-state index is 12.1. The first-order chi connectivity index (χ1) is 9.56. The molecule has 2 aromatic carbocycles. The molecule has 1 atom stereocenters. The zero-order valence-corrected chi connectivity index (χ0v) is 11.8. The summed E-state index contributed by atoms with van der Waals surface area (Å²) in [5.41, 5.74) is 0.707. The van der Waals surface area contributed by atoms with Crippen LogP contribution in [0.3, 0.4) is 0 Å². The lowest BCUT2D eigenvalue weighted by atomic mass is 10.0. The van der Waals surface area contributed by atoms with Gasteiger partial charge in [-0.2, -0.15) is 0 Å². The Morgan fingerprint density at radius 1 is 1.10 bits per heavy atom. The Morgan fingerprint density at radius 2 is 1.80 bits per heavy atom. The standard InChI is InChI=1S/C17H18O3/c1-12(20-13(2)18)7-10-17(19)16-9-8-14-5-3-4-6-15(14)11-16/h3-6,8-9,11-12H,7,10H2,1-2H3/t12-/m1/s1. The first-order valence-electron chi connectivity index (χ1n) is 6.75. The maximum Gasteiger partial charge on any atom is 0.302 e. The van der Waals surface area contributed by atoms with Gasteiger partial charge in [0.1, 0.15) is 0 Å². The molecule has 0 aliphatic carbocycles. The van der Waals surface area contributed by atoms with Crippen molar-refractivity contribution in [2.45, 2.75) is 32.8 Å². The van der Waals surface area contributed by atoms with E-state index in [-0.39, 0.29) is 17.9 Å². The topological polar surface area (TPSA) is 43.4 Å². The van der Waals surface area contributed by atoms with E-state index in [4.69, 9.17) is 4.74 Å². The van der Waals surface area contributed by atoms with Crippen molar-refractivity contribution in [1.29, 1.82) is 0 Å². The van der Waals surface area contributed by atoms with Crippen molar-refractivity contribution in [3.8, 4) is 0 Å². The predicted octanol–water partition coefficient (Wildman–Crippen LogP) is 3.75. The summed E-state index contributed by atoms with van der Waals surface area (Å²) in [6.07, 6.45) is 0.704. The predicted molar refractivity (Wildman–Crippen MR) is 78.7 cm³/mol. The number of fused-ring (bicyclic) bond motifs is 1. The van der Waals surface area contributed by atoms with Crippen LogP contribution >= 0.6 is 0 Å². The summed E-state index contributed by atoms with van der Waals surface area (Å²) in [4.78, 5) is 22.9. The molecule has 0 bridgehead atoms. The summed E-state index contributed by atoms with van der Waals surface area (Å²) in [6.45, 7) is 3.18. The summed E-state index contributed by atoms with van der Waals surface area (Å²) in [5.74, 6) is -0.231. The first kappa shape index (κ1) is 14.3. The van der Waals surface area contributed by atoms with Crippen molar-refractivity contribution in [3.63, 3.8) is 0 Å². The molecule has 0 spiro atoms. The molecule has 0 aliphatic rings. The Labute approximate surface area is 118 Å². The van der Waals surface area contributed by atoms with Crippen molar-refractivity contribution in [2.24, 2.45) is 0 Å². The normalized spacial score (nSPS) is 12.1. The third-order valence-corrected chi connectivity index (χ3v) is 3.22. The summed E-state index contributed by atoms with van der Waals surface area (Å²) < 4.78 is 5.02. The molecule has 2 aromatic rings. The van der Waals surface area contributed by atoms with Crippen LogP contribution < -0.4 is 0 Å². The van der Waals surface area contributed by atoms with Crippen molar-refractivity contribution in [2.75, 3.05) is 0 Å². The van der Waals surface area contributed by atoms with Crippen LogP contribution in [-0.4, -0.2) is 17.9 Å². The van der Waals surface area contributed by atoms with Crippen LogP contribution in [0.1, 0.15) is 37.0 Å². The van der Waals surface area contributed by atoms with Gasteiger partial charge in [-0.25, -0.2) is 0 Å². The SMILES string of the molecule is CC(=O)O[C@H](C)CCC(=O)c1ccc2ccccc2c1. The minimum Gasteiger partial charge on any atom is -0.463 e. The number of ether oxygens (including phenoxy) is 1. The molecule has 0 fully saturated rings. The fourth-order valence-corrected chi connectivity index (χ4v) is 2.18. The number of carbonyl (C=O) groups excluding carboxylic acids is 2. The highest BCUT2D eigenvalue weighted by Crippen LogP contribution is 2.17. The van der Waals surface area contributed by atoms with E-state index in [9.17, 15) is 9.59 Å². The van der Waals surface area contributed by atoms with E-state index in [1.807, 2.05) is 42.5 Å². The lowest BCUT2D eigenvalue weighted by molar-refractivity contribution is -0.145. The molecule has 0 aliphatic heterocycles. The van der Waals surface area contributed by atoms with E-state index in [2.05, 4.69) is 0 Å². The molecule has 104 valence electrons. The van der Waals surface area contributed by atoms with E-state index >= 15 is 0 Å². The largest absolute Gasteiger partial charge is 0.463 e. The quantitative estimate of drug-likeness (QED) is 0.614. The Balaban J connectivity index is 2.02. The van der Waals surface area contributed by atoms with Gasteiger partial charge in [0.2, 0.25) is 0 Å². The molecule has 0 amide bonds. The number of carbonyl (C=O) groups is 2. The van der Waals surface area contributed by atoms with Crippen LogP contribution in [0.15, 0.2) is 42.5 Å². The Bertz CT molecular complexity index is 631. The second kappa shape index (κ2) is 6.33. The number of esters is 1. The van der Waals surface area contributed by atoms with Gasteiger partial charge in [-0.15, -0.1) is 0 Å². The van der Waals surface area contributed by atoms with Gasteiger partial charge in [0, 0.05) is 18.9 Å². The number of hydrogen-bond acceptors (Lipinski definition) is 3. The number of Topliss-reactive ketones (excluding diaryl/α,β-unsaturated/α-hetero) is 1. The Morgan fingerprint density at radius 3 is 2.50 bits per heavy atom. The molecule has 3 nitrogen and oxygen atoms in total. The molecule has 0 aromatic heterocycles. The summed E-state index contributed by atoms with van der Waals surface area (Å²) >= 11 is 0. The number of hydrogen-bond donors (Lipinski definition) is 0. The lowest BCUT2D eigenvalue weighted by Gasteiger charge is -2.11. The molecule has 2 rings (SSSR count). The molecular formula is C17H18O3. The fourth-order valence-electron chi connectivity index (χ4n) is 2.18. The van der Waals surface area contributed by atoms with Crippen LogP contribution in [0, 0.1) is 0 Å². The third kappa shape index (κ3) is 3.67. The van der Waals surface area contributed by atoms with E-state index < -0.39 is 0 Å². The van der Waals surface area contributed by atoms with Crippen molar-refractivity contribution in [1.82, 2.24) is 0 Å². The van der Waals surface area contributed by atoms with Crippen molar-refractivity contribution in [3.05, 3.63) is 48.0 Å². The van der Waals surface area contributed by atoms with Gasteiger partial charge in [-0.3, -0.25) is 9.59 Å². The van der Waals surface area contributed by atoms with Gasteiger partial charge in [0.05, 0.1) is 6.10 Å². The van der Waals surface area contributed by atoms with Crippen molar-refractivity contribution >= 4 is 22.5 Å².